The van der Waals surface area contributed by atoms with Crippen molar-refractivity contribution < 1.29 is 24.3 Å². The Bertz CT molecular complexity index is 864. The highest BCUT2D eigenvalue weighted by atomic mass is 32.2. The van der Waals surface area contributed by atoms with Crippen molar-refractivity contribution in [3.05, 3.63) is 35.4 Å². The lowest BCUT2D eigenvalue weighted by atomic mass is 9.91. The standard InChI is InChI=1S/C23H33N3O5S2/c1-14(2)20(25-19(27)8-10-32)22(29)26-13-16-7-5-4-6-15(16)12-18(26)21(28)24-17(23(30)31)9-11-33-3/h4-7,14,17-18,20,32H,8-13H2,1-3H3,(H,24,28)(H,25,27)(H,30,31)/t17-,18+,20-/m0/s1. The molecule has 182 valence electrons. The summed E-state index contributed by atoms with van der Waals surface area (Å²) in [5.41, 5.74) is 1.87. The number of hydrogen-bond acceptors (Lipinski definition) is 6. The van der Waals surface area contributed by atoms with Gasteiger partial charge in [0, 0.05) is 19.4 Å². The Kier molecular flexibility index (Phi) is 10.6. The Morgan fingerprint density at radius 2 is 1.85 bits per heavy atom. The summed E-state index contributed by atoms with van der Waals surface area (Å²) >= 11 is 5.57. The van der Waals surface area contributed by atoms with E-state index in [1.54, 1.807) is 0 Å². The number of nitrogens with zero attached hydrogens (tertiary/aromatic N) is 1. The number of thiol groups is 1. The Hall–Kier alpha value is -2.20. The van der Waals surface area contributed by atoms with Crippen molar-refractivity contribution in [2.75, 3.05) is 17.8 Å². The first-order chi connectivity index (χ1) is 15.7. The Balaban J connectivity index is 2.33. The molecule has 1 aliphatic rings. The second-order valence-corrected chi connectivity index (χ2v) is 9.83. The lowest BCUT2D eigenvalue weighted by Gasteiger charge is -2.39. The summed E-state index contributed by atoms with van der Waals surface area (Å²) in [4.78, 5) is 52.2. The monoisotopic (exact) mass is 495 g/mol. The van der Waals surface area contributed by atoms with Crippen molar-refractivity contribution in [1.29, 1.82) is 0 Å². The summed E-state index contributed by atoms with van der Waals surface area (Å²) < 4.78 is 0. The Labute approximate surface area is 204 Å². The first-order valence-electron chi connectivity index (χ1n) is 11.0. The van der Waals surface area contributed by atoms with Gasteiger partial charge in [-0.1, -0.05) is 38.1 Å². The lowest BCUT2D eigenvalue weighted by molar-refractivity contribution is -0.147. The van der Waals surface area contributed by atoms with Gasteiger partial charge in [-0.15, -0.1) is 0 Å². The van der Waals surface area contributed by atoms with Crippen LogP contribution in [0.5, 0.6) is 0 Å². The minimum atomic E-state index is -1.11. The zero-order valence-electron chi connectivity index (χ0n) is 19.2. The first kappa shape index (κ1) is 27.0. The van der Waals surface area contributed by atoms with E-state index in [1.165, 1.54) is 16.7 Å². The van der Waals surface area contributed by atoms with Gasteiger partial charge in [0.25, 0.3) is 0 Å². The van der Waals surface area contributed by atoms with Crippen LogP contribution in [0.15, 0.2) is 24.3 Å². The van der Waals surface area contributed by atoms with Crippen molar-refractivity contribution >= 4 is 48.1 Å². The van der Waals surface area contributed by atoms with Crippen LogP contribution in [0.2, 0.25) is 0 Å². The molecule has 33 heavy (non-hydrogen) atoms. The van der Waals surface area contributed by atoms with E-state index >= 15 is 0 Å². The van der Waals surface area contributed by atoms with Crippen molar-refractivity contribution in [2.24, 2.45) is 5.92 Å². The fraction of sp³-hybridized carbons (Fsp3) is 0.565. The van der Waals surface area contributed by atoms with Gasteiger partial charge in [0.1, 0.15) is 18.1 Å². The molecule has 10 heteroatoms. The minimum Gasteiger partial charge on any atom is -0.480 e. The Morgan fingerprint density at radius 3 is 2.42 bits per heavy atom. The van der Waals surface area contributed by atoms with Crippen molar-refractivity contribution in [2.45, 2.75) is 57.8 Å². The molecule has 1 aromatic carbocycles. The highest BCUT2D eigenvalue weighted by molar-refractivity contribution is 7.98. The summed E-state index contributed by atoms with van der Waals surface area (Å²) in [6, 6.07) is 4.86. The molecule has 0 spiro atoms. The molecule has 3 N–H and O–H groups in total. The number of hydrogen-bond donors (Lipinski definition) is 4. The van der Waals surface area contributed by atoms with Crippen molar-refractivity contribution in [3.63, 3.8) is 0 Å². The van der Waals surface area contributed by atoms with Gasteiger partial charge in [-0.25, -0.2) is 4.79 Å². The number of carbonyl (C=O) groups excluding carboxylic acids is 3. The number of carboxylic acid groups (broad SMARTS) is 1. The van der Waals surface area contributed by atoms with Crippen LogP contribution in [0, 0.1) is 5.92 Å². The molecule has 0 fully saturated rings. The smallest absolute Gasteiger partial charge is 0.326 e. The van der Waals surface area contributed by atoms with Gasteiger partial charge < -0.3 is 20.6 Å². The Morgan fingerprint density at radius 1 is 1.18 bits per heavy atom. The van der Waals surface area contributed by atoms with Gasteiger partial charge in [-0.3, -0.25) is 14.4 Å². The average Bonchev–Trinajstić information content (AvgIpc) is 2.78. The normalized spacial score (nSPS) is 17.1. The predicted molar refractivity (Wildman–Crippen MR) is 132 cm³/mol. The van der Waals surface area contributed by atoms with Gasteiger partial charge in [-0.2, -0.15) is 24.4 Å². The molecule has 0 aromatic heterocycles. The number of rotatable bonds is 11. The fourth-order valence-electron chi connectivity index (χ4n) is 3.79. The predicted octanol–water partition coefficient (Wildman–Crippen LogP) is 1.72. The van der Waals surface area contributed by atoms with E-state index in [-0.39, 0.29) is 43.5 Å². The van der Waals surface area contributed by atoms with Gasteiger partial charge in [0.15, 0.2) is 0 Å². The van der Waals surface area contributed by atoms with Gasteiger partial charge in [0.2, 0.25) is 17.7 Å². The van der Waals surface area contributed by atoms with E-state index in [1.807, 2.05) is 44.4 Å². The highest BCUT2D eigenvalue weighted by Gasteiger charge is 2.39. The molecule has 1 aromatic rings. The molecule has 0 saturated carbocycles. The van der Waals surface area contributed by atoms with E-state index in [0.29, 0.717) is 11.5 Å². The molecule has 3 atom stereocenters. The molecule has 0 saturated heterocycles. The SMILES string of the molecule is CSCC[C@H](NC(=O)[C@H]1Cc2ccccc2CN1C(=O)[C@@H](NC(=O)CCS)C(C)C)C(=O)O. The number of fused-ring (bicyclic) bond motifs is 1. The molecule has 0 aliphatic carbocycles. The third kappa shape index (κ3) is 7.40. The second-order valence-electron chi connectivity index (χ2n) is 8.40. The van der Waals surface area contributed by atoms with Gasteiger partial charge in [0.05, 0.1) is 0 Å². The molecular weight excluding hydrogens is 462 g/mol. The molecule has 0 bridgehead atoms. The summed E-state index contributed by atoms with van der Waals surface area (Å²) in [5, 5.41) is 14.9. The van der Waals surface area contributed by atoms with Crippen LogP contribution in [0.3, 0.4) is 0 Å². The number of amides is 3. The van der Waals surface area contributed by atoms with Crippen molar-refractivity contribution in [3.8, 4) is 0 Å². The number of carboxylic acids is 1. The van der Waals surface area contributed by atoms with Crippen LogP contribution < -0.4 is 10.6 Å². The van der Waals surface area contributed by atoms with Crippen LogP contribution in [0.25, 0.3) is 0 Å². The minimum absolute atomic E-state index is 0.183. The van der Waals surface area contributed by atoms with Crippen LogP contribution in [-0.2, 0) is 32.1 Å². The molecule has 0 radical (unpaired) electrons. The summed E-state index contributed by atoms with van der Waals surface area (Å²) in [5.74, 6) is -1.50. The molecule has 3 amide bonds. The maximum absolute atomic E-state index is 13.6. The molecule has 8 nitrogen and oxygen atoms in total. The first-order valence-corrected chi connectivity index (χ1v) is 13.0. The highest BCUT2D eigenvalue weighted by Crippen LogP contribution is 2.25. The number of carbonyl (C=O) groups is 4. The topological polar surface area (TPSA) is 116 Å². The number of benzene rings is 1. The number of nitrogens with one attached hydrogen (secondary N) is 2. The third-order valence-corrected chi connectivity index (χ3v) is 6.52. The largest absolute Gasteiger partial charge is 0.480 e. The molecular formula is C23H33N3O5S2. The van der Waals surface area contributed by atoms with E-state index in [9.17, 15) is 24.3 Å². The second kappa shape index (κ2) is 12.9. The van der Waals surface area contributed by atoms with Crippen LogP contribution in [-0.4, -0.2) is 69.6 Å². The summed E-state index contributed by atoms with van der Waals surface area (Å²) in [6.07, 6.45) is 2.61. The zero-order valence-corrected chi connectivity index (χ0v) is 21.0. The van der Waals surface area contributed by atoms with E-state index < -0.39 is 30.0 Å². The fourth-order valence-corrected chi connectivity index (χ4v) is 4.46. The number of thioether (sulfide) groups is 1. The molecule has 1 heterocycles. The van der Waals surface area contributed by atoms with E-state index in [4.69, 9.17) is 0 Å². The number of aliphatic carboxylic acids is 1. The van der Waals surface area contributed by atoms with Crippen LogP contribution in [0.1, 0.15) is 37.8 Å². The maximum Gasteiger partial charge on any atom is 0.326 e. The third-order valence-electron chi connectivity index (χ3n) is 5.65. The lowest BCUT2D eigenvalue weighted by Crippen LogP contribution is -2.60. The van der Waals surface area contributed by atoms with Crippen LogP contribution in [0.4, 0.5) is 0 Å². The summed E-state index contributed by atoms with van der Waals surface area (Å²) in [7, 11) is 0. The van der Waals surface area contributed by atoms with Gasteiger partial charge >= 0.3 is 5.97 Å². The molecule has 2 rings (SSSR count). The molecule has 0 unspecified atom stereocenters. The van der Waals surface area contributed by atoms with Gasteiger partial charge in [-0.05, 0) is 41.2 Å². The van der Waals surface area contributed by atoms with E-state index in [2.05, 4.69) is 23.3 Å². The maximum atomic E-state index is 13.6. The van der Waals surface area contributed by atoms with Crippen LogP contribution >= 0.6 is 24.4 Å². The zero-order chi connectivity index (χ0) is 24.5. The van der Waals surface area contributed by atoms with Crippen molar-refractivity contribution in [1.82, 2.24) is 15.5 Å². The summed E-state index contributed by atoms with van der Waals surface area (Å²) in [6.45, 7) is 3.88. The average molecular weight is 496 g/mol. The molecule has 1 aliphatic heterocycles. The van der Waals surface area contributed by atoms with E-state index in [0.717, 1.165) is 11.1 Å². The quantitative estimate of drug-likeness (QED) is 0.348.